The molecule has 0 N–H and O–H groups in total. The summed E-state index contributed by atoms with van der Waals surface area (Å²) in [6, 6.07) is 0. The highest BCUT2D eigenvalue weighted by Crippen LogP contribution is 2.16. The summed E-state index contributed by atoms with van der Waals surface area (Å²) < 4.78 is 37.4. The van der Waals surface area contributed by atoms with E-state index in [2.05, 4.69) is 4.74 Å². The van der Waals surface area contributed by atoms with Crippen molar-refractivity contribution in [1.29, 1.82) is 0 Å². The summed E-state index contributed by atoms with van der Waals surface area (Å²) in [5.74, 6) is -0.422. The molecule has 20 heavy (non-hydrogen) atoms. The first-order valence-electron chi connectivity index (χ1n) is 6.81. The van der Waals surface area contributed by atoms with Crippen LogP contribution in [0.25, 0.3) is 0 Å². The molecule has 0 aromatic carbocycles. The van der Waals surface area contributed by atoms with E-state index in [1.54, 1.807) is 6.92 Å². The minimum Gasteiger partial charge on any atom is -0.469 e. The van der Waals surface area contributed by atoms with Gasteiger partial charge in [0.25, 0.3) is 10.2 Å². The van der Waals surface area contributed by atoms with Crippen molar-refractivity contribution in [2.75, 3.05) is 40.4 Å². The Kier molecular flexibility index (Phi) is 6.87. The van der Waals surface area contributed by atoms with Gasteiger partial charge in [0.05, 0.1) is 19.6 Å². The molecular weight excluding hydrogens is 284 g/mol. The van der Waals surface area contributed by atoms with Crippen LogP contribution >= 0.6 is 0 Å². The molecule has 0 radical (unpaired) electrons. The number of ether oxygens (including phenoxy) is 2. The Labute approximate surface area is 121 Å². The average molecular weight is 308 g/mol. The number of esters is 1. The maximum atomic E-state index is 12.4. The van der Waals surface area contributed by atoms with Crippen LogP contribution < -0.4 is 0 Å². The molecule has 1 atom stereocenters. The van der Waals surface area contributed by atoms with Gasteiger partial charge in [-0.05, 0) is 12.8 Å². The smallest absolute Gasteiger partial charge is 0.306 e. The topological polar surface area (TPSA) is 76.2 Å². The Morgan fingerprint density at radius 1 is 1.45 bits per heavy atom. The molecule has 118 valence electrons. The molecule has 0 spiro atoms. The van der Waals surface area contributed by atoms with E-state index in [9.17, 15) is 13.2 Å². The molecule has 0 aromatic heterocycles. The van der Waals surface area contributed by atoms with Gasteiger partial charge in [-0.1, -0.05) is 6.92 Å². The Morgan fingerprint density at radius 3 is 2.65 bits per heavy atom. The quantitative estimate of drug-likeness (QED) is 0.600. The first-order chi connectivity index (χ1) is 9.41. The van der Waals surface area contributed by atoms with Gasteiger partial charge in [-0.3, -0.25) is 4.79 Å². The Hall–Kier alpha value is -0.700. The molecule has 1 rings (SSSR count). The van der Waals surface area contributed by atoms with Crippen LogP contribution in [-0.4, -0.2) is 69.5 Å². The van der Waals surface area contributed by atoms with Crippen LogP contribution in [0.2, 0.25) is 0 Å². The normalized spacial score (nSPS) is 19.8. The second-order valence-corrected chi connectivity index (χ2v) is 6.78. The fraction of sp³-hybridized carbons (Fsp3) is 0.917. The summed E-state index contributed by atoms with van der Waals surface area (Å²) in [6.45, 7) is 3.34. The fourth-order valence-corrected chi connectivity index (χ4v) is 3.46. The summed E-state index contributed by atoms with van der Waals surface area (Å²) in [5, 5.41) is 0. The number of nitrogens with zero attached hydrogens (tertiary/aromatic N) is 2. The first kappa shape index (κ1) is 17.4. The van der Waals surface area contributed by atoms with Crippen LogP contribution in [0.5, 0.6) is 0 Å². The van der Waals surface area contributed by atoms with Crippen molar-refractivity contribution in [1.82, 2.24) is 8.61 Å². The Balaban J connectivity index is 2.60. The standard InChI is InChI=1S/C12H24N2O5S/c1-4-14(10-11-6-5-9-19-11)20(16,17)13(2)8-7-12(15)18-3/h11H,4-10H2,1-3H3. The van der Waals surface area contributed by atoms with Crippen molar-refractivity contribution in [2.24, 2.45) is 0 Å². The molecule has 1 fully saturated rings. The van der Waals surface area contributed by atoms with Gasteiger partial charge in [-0.25, -0.2) is 0 Å². The molecule has 0 amide bonds. The van der Waals surface area contributed by atoms with Crippen molar-refractivity contribution in [3.8, 4) is 0 Å². The zero-order valence-electron chi connectivity index (χ0n) is 12.4. The number of carbonyl (C=O) groups is 1. The second-order valence-electron chi connectivity index (χ2n) is 4.74. The number of hydrogen-bond donors (Lipinski definition) is 0. The molecule has 1 unspecified atom stereocenters. The van der Waals surface area contributed by atoms with Gasteiger partial charge in [0.1, 0.15) is 0 Å². The monoisotopic (exact) mass is 308 g/mol. The largest absolute Gasteiger partial charge is 0.469 e. The van der Waals surface area contributed by atoms with Gasteiger partial charge in [-0.15, -0.1) is 0 Å². The van der Waals surface area contributed by atoms with E-state index in [0.29, 0.717) is 19.7 Å². The fourth-order valence-electron chi connectivity index (χ4n) is 2.07. The molecule has 0 aromatic rings. The lowest BCUT2D eigenvalue weighted by atomic mass is 10.2. The molecule has 0 saturated carbocycles. The van der Waals surface area contributed by atoms with E-state index in [1.165, 1.54) is 22.8 Å². The van der Waals surface area contributed by atoms with E-state index in [-0.39, 0.29) is 19.1 Å². The summed E-state index contributed by atoms with van der Waals surface area (Å²) >= 11 is 0. The average Bonchev–Trinajstić information content (AvgIpc) is 2.94. The maximum absolute atomic E-state index is 12.4. The van der Waals surface area contributed by atoms with Gasteiger partial charge >= 0.3 is 5.97 Å². The van der Waals surface area contributed by atoms with E-state index < -0.39 is 16.2 Å². The highest BCUT2D eigenvalue weighted by molar-refractivity contribution is 7.86. The third kappa shape index (κ3) is 4.69. The van der Waals surface area contributed by atoms with Crippen molar-refractivity contribution < 1.29 is 22.7 Å². The van der Waals surface area contributed by atoms with Crippen LogP contribution in [0.4, 0.5) is 0 Å². The highest BCUT2D eigenvalue weighted by atomic mass is 32.2. The number of methoxy groups -OCH3 is 1. The van der Waals surface area contributed by atoms with E-state index in [4.69, 9.17) is 4.74 Å². The molecule has 7 nitrogen and oxygen atoms in total. The lowest BCUT2D eigenvalue weighted by molar-refractivity contribution is -0.140. The molecule has 8 heteroatoms. The van der Waals surface area contributed by atoms with Crippen LogP contribution in [0.1, 0.15) is 26.2 Å². The number of carbonyl (C=O) groups excluding carboxylic acids is 1. The minimum absolute atomic E-state index is 0.0290. The zero-order valence-corrected chi connectivity index (χ0v) is 13.2. The lowest BCUT2D eigenvalue weighted by Gasteiger charge is -2.28. The summed E-state index contributed by atoms with van der Waals surface area (Å²) in [7, 11) is -0.811. The summed E-state index contributed by atoms with van der Waals surface area (Å²) in [4.78, 5) is 11.1. The van der Waals surface area contributed by atoms with Gasteiger partial charge in [0.15, 0.2) is 0 Å². The third-order valence-electron chi connectivity index (χ3n) is 3.36. The van der Waals surface area contributed by atoms with Crippen molar-refractivity contribution in [3.63, 3.8) is 0 Å². The van der Waals surface area contributed by atoms with Crippen LogP contribution in [0, 0.1) is 0 Å². The van der Waals surface area contributed by atoms with Crippen LogP contribution in [0.3, 0.4) is 0 Å². The number of likely N-dealkylation sites (N-methyl/N-ethyl adjacent to an activating group) is 1. The third-order valence-corrected chi connectivity index (χ3v) is 5.39. The van der Waals surface area contributed by atoms with Gasteiger partial charge in [0.2, 0.25) is 0 Å². The highest BCUT2D eigenvalue weighted by Gasteiger charge is 2.29. The molecule has 1 heterocycles. The SMILES string of the molecule is CCN(CC1CCCO1)S(=O)(=O)N(C)CCC(=O)OC. The van der Waals surface area contributed by atoms with E-state index in [1.807, 2.05) is 0 Å². The summed E-state index contributed by atoms with van der Waals surface area (Å²) in [5.41, 5.74) is 0. The van der Waals surface area contributed by atoms with Crippen molar-refractivity contribution >= 4 is 16.2 Å². The van der Waals surface area contributed by atoms with E-state index in [0.717, 1.165) is 12.8 Å². The van der Waals surface area contributed by atoms with Crippen LogP contribution in [0.15, 0.2) is 0 Å². The predicted octanol–water partition coefficient (Wildman–Crippen LogP) is 0.227. The molecule has 1 saturated heterocycles. The van der Waals surface area contributed by atoms with Gasteiger partial charge in [-0.2, -0.15) is 17.0 Å². The van der Waals surface area contributed by atoms with Gasteiger partial charge in [0, 0.05) is 33.3 Å². The molecule has 0 bridgehead atoms. The molecule has 1 aliphatic heterocycles. The zero-order chi connectivity index (χ0) is 15.2. The second kappa shape index (κ2) is 7.92. The Morgan fingerprint density at radius 2 is 2.15 bits per heavy atom. The first-order valence-corrected chi connectivity index (χ1v) is 8.21. The lowest BCUT2D eigenvalue weighted by Crippen LogP contribution is -2.45. The number of rotatable bonds is 8. The Bertz CT molecular complexity index is 406. The predicted molar refractivity (Wildman–Crippen MR) is 74.4 cm³/mol. The van der Waals surface area contributed by atoms with Crippen LogP contribution in [-0.2, 0) is 24.5 Å². The molecular formula is C12H24N2O5S. The molecule has 1 aliphatic rings. The van der Waals surface area contributed by atoms with Crippen molar-refractivity contribution in [3.05, 3.63) is 0 Å². The minimum atomic E-state index is -3.56. The van der Waals surface area contributed by atoms with Gasteiger partial charge < -0.3 is 9.47 Å². The van der Waals surface area contributed by atoms with Crippen molar-refractivity contribution in [2.45, 2.75) is 32.3 Å². The maximum Gasteiger partial charge on any atom is 0.306 e. The molecule has 0 aliphatic carbocycles. The summed E-state index contributed by atoms with van der Waals surface area (Å²) in [6.07, 6.45) is 1.88. The van der Waals surface area contributed by atoms with E-state index >= 15 is 0 Å². The number of hydrogen-bond acceptors (Lipinski definition) is 5.